The Morgan fingerprint density at radius 1 is 0.800 bits per heavy atom. The summed E-state index contributed by atoms with van der Waals surface area (Å²) in [4.78, 5) is 11.9. The van der Waals surface area contributed by atoms with Crippen molar-refractivity contribution in [1.82, 2.24) is 0 Å². The number of rotatable bonds is 1. The Morgan fingerprint density at radius 3 is 1.96 bits per heavy atom. The largest absolute Gasteiger partial charge is 0.744 e. The van der Waals surface area contributed by atoms with E-state index in [0.717, 1.165) is 22.4 Å². The van der Waals surface area contributed by atoms with Gasteiger partial charge in [0.15, 0.2) is 6.20 Å². The Morgan fingerprint density at radius 2 is 1.36 bits per heavy atom. The van der Waals surface area contributed by atoms with Crippen LogP contribution in [0.1, 0.15) is 16.1 Å². The van der Waals surface area contributed by atoms with Crippen LogP contribution in [-0.2, 0) is 17.2 Å². The fourth-order valence-corrected chi connectivity index (χ4v) is 3.23. The van der Waals surface area contributed by atoms with Gasteiger partial charge in [-0.3, -0.25) is 4.79 Å². The first-order valence-electron chi connectivity index (χ1n) is 7.53. The van der Waals surface area contributed by atoms with Crippen LogP contribution in [0.4, 0.5) is 0 Å². The lowest BCUT2D eigenvalue weighted by molar-refractivity contribution is -0.672. The van der Waals surface area contributed by atoms with Crippen molar-refractivity contribution in [3.8, 4) is 11.1 Å². The minimum Gasteiger partial charge on any atom is -0.744 e. The maximum absolute atomic E-state index is 12.1. The highest BCUT2D eigenvalue weighted by molar-refractivity contribution is 7.85. The lowest BCUT2D eigenvalue weighted by Crippen LogP contribution is -2.34. The van der Waals surface area contributed by atoms with Crippen LogP contribution in [0.25, 0.3) is 11.1 Å². The normalized spacial score (nSPS) is 12.0. The average molecular weight is 353 g/mol. The van der Waals surface area contributed by atoms with Crippen molar-refractivity contribution >= 4 is 15.9 Å². The molecule has 6 heteroatoms. The highest BCUT2D eigenvalue weighted by Crippen LogP contribution is 2.33. The molecule has 4 rings (SSSR count). The minimum atomic E-state index is -4.25. The second-order valence-corrected chi connectivity index (χ2v) is 6.90. The molecule has 0 radical (unpaired) electrons. The predicted octanol–water partition coefficient (Wildman–Crippen LogP) is 2.31. The van der Waals surface area contributed by atoms with E-state index in [1.54, 1.807) is 6.07 Å². The fourth-order valence-electron chi connectivity index (χ4n) is 2.74. The summed E-state index contributed by atoms with van der Waals surface area (Å²) in [5, 5.41) is 0. The molecule has 0 saturated carbocycles. The van der Waals surface area contributed by atoms with Crippen molar-refractivity contribution in [3.63, 3.8) is 0 Å². The molecule has 25 heavy (non-hydrogen) atoms. The maximum atomic E-state index is 12.1. The van der Waals surface area contributed by atoms with Gasteiger partial charge in [0.1, 0.15) is 17.2 Å². The van der Waals surface area contributed by atoms with E-state index >= 15 is 0 Å². The number of ketones is 1. The number of carbonyl (C=O) groups excluding carboxylic acids is 1. The van der Waals surface area contributed by atoms with Crippen molar-refractivity contribution in [2.75, 3.05) is 0 Å². The van der Waals surface area contributed by atoms with Gasteiger partial charge < -0.3 is 4.55 Å². The molecule has 0 saturated heterocycles. The first-order valence-corrected chi connectivity index (χ1v) is 8.94. The van der Waals surface area contributed by atoms with Crippen LogP contribution < -0.4 is 4.57 Å². The second-order valence-electron chi connectivity index (χ2n) is 5.52. The third-order valence-electron chi connectivity index (χ3n) is 3.89. The van der Waals surface area contributed by atoms with E-state index in [9.17, 15) is 17.8 Å². The van der Waals surface area contributed by atoms with Crippen LogP contribution >= 0.6 is 0 Å². The van der Waals surface area contributed by atoms with E-state index in [0.29, 0.717) is 0 Å². The van der Waals surface area contributed by atoms with Gasteiger partial charge in [-0.15, -0.1) is 0 Å². The van der Waals surface area contributed by atoms with Gasteiger partial charge in [-0.05, 0) is 23.8 Å². The van der Waals surface area contributed by atoms with Gasteiger partial charge >= 0.3 is 0 Å². The summed E-state index contributed by atoms with van der Waals surface area (Å²) in [6.07, 6.45) is 1.91. The van der Waals surface area contributed by atoms with Crippen molar-refractivity contribution < 1.29 is 22.3 Å². The Bertz CT molecular complexity index is 1040. The SMILES string of the molecule is C[n+]1cccc2c1C(=O)c1ccccc1-2.O=S(=O)([O-])c1ccccc1. The molecule has 1 aliphatic rings. The summed E-state index contributed by atoms with van der Waals surface area (Å²) in [5.74, 6) is 0.128. The lowest BCUT2D eigenvalue weighted by atomic mass is 10.1. The zero-order valence-electron chi connectivity index (χ0n) is 13.4. The number of fused-ring (bicyclic) bond motifs is 3. The summed E-state index contributed by atoms with van der Waals surface area (Å²) >= 11 is 0. The molecule has 0 aliphatic heterocycles. The predicted molar refractivity (Wildman–Crippen MR) is 90.9 cm³/mol. The highest BCUT2D eigenvalue weighted by atomic mass is 32.2. The summed E-state index contributed by atoms with van der Waals surface area (Å²) in [6.45, 7) is 0. The van der Waals surface area contributed by atoms with Crippen LogP contribution in [0, 0.1) is 0 Å². The van der Waals surface area contributed by atoms with Crippen molar-refractivity contribution in [1.29, 1.82) is 0 Å². The second kappa shape index (κ2) is 6.58. The van der Waals surface area contributed by atoms with Crippen molar-refractivity contribution in [2.45, 2.75) is 4.90 Å². The van der Waals surface area contributed by atoms with Gasteiger partial charge in [0.2, 0.25) is 0 Å². The Labute approximate surface area is 145 Å². The molecule has 0 spiro atoms. The van der Waals surface area contributed by atoms with E-state index in [4.69, 9.17) is 0 Å². The van der Waals surface area contributed by atoms with Gasteiger partial charge in [0.05, 0.1) is 10.5 Å². The van der Waals surface area contributed by atoms with Gasteiger partial charge in [-0.25, -0.2) is 8.42 Å². The number of carbonyl (C=O) groups is 1. The molecule has 126 valence electrons. The van der Waals surface area contributed by atoms with Gasteiger partial charge in [0.25, 0.3) is 11.5 Å². The van der Waals surface area contributed by atoms with Crippen LogP contribution in [0.5, 0.6) is 0 Å². The highest BCUT2D eigenvalue weighted by Gasteiger charge is 2.33. The van der Waals surface area contributed by atoms with Crippen LogP contribution in [0.3, 0.4) is 0 Å². The molecule has 1 aliphatic carbocycles. The summed E-state index contributed by atoms with van der Waals surface area (Å²) in [5.41, 5.74) is 3.70. The third kappa shape index (κ3) is 3.35. The molecule has 2 aromatic carbocycles. The Balaban J connectivity index is 0.000000160. The standard InChI is InChI=1S/C13H10NO.C6H6O3S/c1-14-8-4-7-10-9-5-2-3-6-11(9)13(15)12(10)14;7-10(8,9)6-4-2-1-3-5-6/h2-8H,1H3;1-5H,(H,7,8,9)/q+1;/p-1. The Hall–Kier alpha value is -2.83. The summed E-state index contributed by atoms with van der Waals surface area (Å²) < 4.78 is 32.7. The zero-order valence-corrected chi connectivity index (χ0v) is 14.2. The third-order valence-corrected chi connectivity index (χ3v) is 4.74. The van der Waals surface area contributed by atoms with Crippen LogP contribution in [-0.4, -0.2) is 18.8 Å². The van der Waals surface area contributed by atoms with Gasteiger partial charge in [0, 0.05) is 11.6 Å². The van der Waals surface area contributed by atoms with Gasteiger partial charge in [-0.1, -0.05) is 42.5 Å². The number of hydrogen-bond acceptors (Lipinski definition) is 4. The number of nitrogens with zero attached hydrogens (tertiary/aromatic N) is 1. The van der Waals surface area contributed by atoms with Crippen LogP contribution in [0.2, 0.25) is 0 Å². The molecular formula is C19H15NO4S. The van der Waals surface area contributed by atoms with E-state index in [1.807, 2.05) is 54.2 Å². The summed E-state index contributed by atoms with van der Waals surface area (Å²) in [6, 6.07) is 18.9. The quantitative estimate of drug-likeness (QED) is 0.389. The number of aromatic nitrogens is 1. The molecule has 3 aromatic rings. The number of benzene rings is 2. The molecule has 0 amide bonds. The Kier molecular flexibility index (Phi) is 4.48. The molecule has 0 atom stereocenters. The van der Waals surface area contributed by atoms with E-state index in [-0.39, 0.29) is 10.7 Å². The molecule has 0 bridgehead atoms. The first kappa shape index (κ1) is 17.0. The molecule has 0 unspecified atom stereocenters. The molecule has 1 heterocycles. The lowest BCUT2D eigenvalue weighted by Gasteiger charge is -2.04. The molecule has 5 nitrogen and oxygen atoms in total. The minimum absolute atomic E-state index is 0.128. The van der Waals surface area contributed by atoms with E-state index < -0.39 is 10.1 Å². The van der Waals surface area contributed by atoms with Gasteiger partial charge in [-0.2, -0.15) is 4.57 Å². The van der Waals surface area contributed by atoms with E-state index in [2.05, 4.69) is 0 Å². The van der Waals surface area contributed by atoms with E-state index in [1.165, 1.54) is 24.3 Å². The fraction of sp³-hybridized carbons (Fsp3) is 0.0526. The average Bonchev–Trinajstić information content (AvgIpc) is 2.90. The molecule has 0 fully saturated rings. The topological polar surface area (TPSA) is 78.1 Å². The zero-order chi connectivity index (χ0) is 18.0. The van der Waals surface area contributed by atoms with Crippen molar-refractivity contribution in [2.24, 2.45) is 7.05 Å². The number of hydrogen-bond donors (Lipinski definition) is 0. The molecule has 0 N–H and O–H groups in total. The molecular weight excluding hydrogens is 338 g/mol. The monoisotopic (exact) mass is 353 g/mol. The van der Waals surface area contributed by atoms with Crippen LogP contribution in [0.15, 0.2) is 77.8 Å². The first-order chi connectivity index (χ1) is 11.9. The van der Waals surface area contributed by atoms with Crippen molar-refractivity contribution in [3.05, 3.63) is 84.2 Å². The molecule has 1 aromatic heterocycles. The summed E-state index contributed by atoms with van der Waals surface area (Å²) in [7, 11) is -2.35. The number of aryl methyl sites for hydroxylation is 1. The number of pyridine rings is 1. The smallest absolute Gasteiger partial charge is 0.261 e. The maximum Gasteiger partial charge on any atom is 0.261 e.